The van der Waals surface area contributed by atoms with E-state index in [1.807, 2.05) is 23.6 Å². The minimum atomic E-state index is 0. The molecule has 0 bridgehead atoms. The smallest absolute Gasteiger partial charge is 0.0958 e. The average molecular weight is 283 g/mol. The Hall–Kier alpha value is -0.940. The van der Waals surface area contributed by atoms with Crippen molar-refractivity contribution in [3.05, 3.63) is 41.0 Å². The van der Waals surface area contributed by atoms with E-state index in [1.54, 1.807) is 6.20 Å². The van der Waals surface area contributed by atoms with E-state index >= 15 is 0 Å². The fraction of sp³-hybridized carbons (Fsp3) is 0.308. The maximum atomic E-state index is 5.73. The zero-order chi connectivity index (χ0) is 11.7. The highest BCUT2D eigenvalue weighted by molar-refractivity contribution is 7.15. The van der Waals surface area contributed by atoms with Gasteiger partial charge in [-0.1, -0.05) is 6.07 Å². The van der Waals surface area contributed by atoms with Crippen molar-refractivity contribution in [2.45, 2.75) is 12.5 Å². The fourth-order valence-corrected chi connectivity index (χ4v) is 3.32. The molecule has 18 heavy (non-hydrogen) atoms. The molecule has 2 aromatic rings. The molecule has 1 aliphatic rings. The van der Waals surface area contributed by atoms with Gasteiger partial charge in [-0.25, -0.2) is 0 Å². The monoisotopic (exact) mass is 282 g/mol. The van der Waals surface area contributed by atoms with Gasteiger partial charge in [0.15, 0.2) is 0 Å². The van der Waals surface area contributed by atoms with Crippen molar-refractivity contribution in [2.75, 3.05) is 13.2 Å². The molecule has 96 valence electrons. The number of rotatable bonds is 2. The molecule has 0 aliphatic carbocycles. The van der Waals surface area contributed by atoms with Gasteiger partial charge in [0, 0.05) is 40.7 Å². The fourth-order valence-electron chi connectivity index (χ4n) is 2.14. The number of hydrogen-bond donors (Lipinski definition) is 1. The second kappa shape index (κ2) is 5.80. The Kier molecular flexibility index (Phi) is 4.35. The van der Waals surface area contributed by atoms with Crippen LogP contribution in [0.25, 0.3) is 10.4 Å². The summed E-state index contributed by atoms with van der Waals surface area (Å²) in [5.41, 5.74) is 8.17. The molecule has 2 N–H and O–H groups in total. The normalized spacial score (nSPS) is 17.9. The predicted octanol–water partition coefficient (Wildman–Crippen LogP) is 2.80. The van der Waals surface area contributed by atoms with E-state index in [2.05, 4.69) is 17.1 Å². The number of ether oxygens (including phenoxy) is 1. The molecule has 0 spiro atoms. The first kappa shape index (κ1) is 13.5. The molecular weight excluding hydrogens is 268 g/mol. The van der Waals surface area contributed by atoms with Gasteiger partial charge in [-0.3, -0.25) is 4.98 Å². The number of hydrogen-bond acceptors (Lipinski definition) is 4. The third-order valence-corrected chi connectivity index (χ3v) is 4.26. The van der Waals surface area contributed by atoms with Crippen LogP contribution >= 0.6 is 23.7 Å². The molecule has 0 radical (unpaired) electrons. The molecule has 3 heterocycles. The highest BCUT2D eigenvalue weighted by atomic mass is 35.5. The molecule has 2 aromatic heterocycles. The number of nitrogens with zero attached hydrogens (tertiary/aromatic N) is 1. The molecular formula is C13H15ClN2OS. The van der Waals surface area contributed by atoms with Crippen molar-refractivity contribution in [3.63, 3.8) is 0 Å². The summed E-state index contributed by atoms with van der Waals surface area (Å²) < 4.78 is 5.67. The van der Waals surface area contributed by atoms with Crippen LogP contribution in [-0.4, -0.2) is 18.1 Å². The van der Waals surface area contributed by atoms with E-state index in [1.165, 1.54) is 20.9 Å². The first-order chi connectivity index (χ1) is 8.38. The molecule has 3 nitrogen and oxygen atoms in total. The van der Waals surface area contributed by atoms with Gasteiger partial charge in [0.2, 0.25) is 0 Å². The molecule has 0 fully saturated rings. The number of thiophene rings is 1. The maximum absolute atomic E-state index is 5.73. The zero-order valence-corrected chi connectivity index (χ0v) is 11.5. The SMILES string of the molecule is Cl.NCC1OCCc2sc(-c3cccnc3)cc21. The Morgan fingerprint density at radius 1 is 1.50 bits per heavy atom. The summed E-state index contributed by atoms with van der Waals surface area (Å²) in [7, 11) is 0. The number of pyridine rings is 1. The molecule has 0 amide bonds. The Balaban J connectivity index is 0.00000120. The quantitative estimate of drug-likeness (QED) is 0.921. The third-order valence-electron chi connectivity index (χ3n) is 3.00. The van der Waals surface area contributed by atoms with Crippen molar-refractivity contribution in [3.8, 4) is 10.4 Å². The lowest BCUT2D eigenvalue weighted by atomic mass is 10.1. The highest BCUT2D eigenvalue weighted by Gasteiger charge is 2.22. The third kappa shape index (κ3) is 2.42. The first-order valence-electron chi connectivity index (χ1n) is 5.73. The van der Waals surface area contributed by atoms with E-state index in [9.17, 15) is 0 Å². The molecule has 1 aliphatic heterocycles. The van der Waals surface area contributed by atoms with Crippen molar-refractivity contribution in [1.29, 1.82) is 0 Å². The summed E-state index contributed by atoms with van der Waals surface area (Å²) in [6, 6.07) is 6.25. The van der Waals surface area contributed by atoms with E-state index in [0.29, 0.717) is 6.54 Å². The molecule has 0 aromatic carbocycles. The Morgan fingerprint density at radius 2 is 2.39 bits per heavy atom. The Labute approximate surface area is 116 Å². The Bertz CT molecular complexity index is 515. The second-order valence-corrected chi connectivity index (χ2v) is 5.21. The average Bonchev–Trinajstić information content (AvgIpc) is 2.83. The molecule has 1 atom stereocenters. The zero-order valence-electron chi connectivity index (χ0n) is 9.83. The van der Waals surface area contributed by atoms with Gasteiger partial charge >= 0.3 is 0 Å². The van der Waals surface area contributed by atoms with Gasteiger partial charge in [0.25, 0.3) is 0 Å². The van der Waals surface area contributed by atoms with Crippen LogP contribution in [0.2, 0.25) is 0 Å². The lowest BCUT2D eigenvalue weighted by Crippen LogP contribution is -2.21. The summed E-state index contributed by atoms with van der Waals surface area (Å²) in [4.78, 5) is 6.82. The van der Waals surface area contributed by atoms with Crippen molar-refractivity contribution >= 4 is 23.7 Å². The van der Waals surface area contributed by atoms with Crippen molar-refractivity contribution in [1.82, 2.24) is 4.98 Å². The Morgan fingerprint density at radius 3 is 3.11 bits per heavy atom. The topological polar surface area (TPSA) is 48.1 Å². The standard InChI is InChI=1S/C13H14N2OS.ClH/c14-7-11-10-6-13(9-2-1-4-15-8-9)17-12(10)3-5-16-11;/h1-2,4,6,8,11H,3,5,7,14H2;1H. The minimum absolute atomic E-state index is 0. The molecule has 1 unspecified atom stereocenters. The van der Waals surface area contributed by atoms with Gasteiger partial charge in [-0.15, -0.1) is 23.7 Å². The van der Waals surface area contributed by atoms with Crippen LogP contribution in [0.3, 0.4) is 0 Å². The minimum Gasteiger partial charge on any atom is -0.372 e. The maximum Gasteiger partial charge on any atom is 0.0958 e. The van der Waals surface area contributed by atoms with Gasteiger partial charge in [0.05, 0.1) is 12.7 Å². The van der Waals surface area contributed by atoms with Crippen LogP contribution in [0.1, 0.15) is 16.5 Å². The number of halogens is 1. The second-order valence-electron chi connectivity index (χ2n) is 4.08. The van der Waals surface area contributed by atoms with Gasteiger partial charge in [0.1, 0.15) is 0 Å². The predicted molar refractivity (Wildman–Crippen MR) is 76.2 cm³/mol. The first-order valence-corrected chi connectivity index (χ1v) is 6.55. The largest absolute Gasteiger partial charge is 0.372 e. The number of fused-ring (bicyclic) bond motifs is 1. The number of aromatic nitrogens is 1. The van der Waals surface area contributed by atoms with Gasteiger partial charge in [-0.05, 0) is 17.7 Å². The molecule has 0 saturated heterocycles. The summed E-state index contributed by atoms with van der Waals surface area (Å²) in [6.07, 6.45) is 4.76. The van der Waals surface area contributed by atoms with Gasteiger partial charge in [-0.2, -0.15) is 0 Å². The van der Waals surface area contributed by atoms with Crippen LogP contribution in [0.15, 0.2) is 30.6 Å². The molecule has 0 saturated carbocycles. The summed E-state index contributed by atoms with van der Waals surface area (Å²) in [5.74, 6) is 0. The summed E-state index contributed by atoms with van der Waals surface area (Å²) in [5, 5.41) is 0. The highest BCUT2D eigenvalue weighted by Crippen LogP contribution is 2.37. The van der Waals surface area contributed by atoms with Crippen LogP contribution in [0, 0.1) is 0 Å². The van der Waals surface area contributed by atoms with E-state index < -0.39 is 0 Å². The number of nitrogens with two attached hydrogens (primary N) is 1. The van der Waals surface area contributed by atoms with E-state index in [4.69, 9.17) is 10.5 Å². The van der Waals surface area contributed by atoms with Crippen molar-refractivity contribution in [2.24, 2.45) is 5.73 Å². The lowest BCUT2D eigenvalue weighted by molar-refractivity contribution is 0.0498. The van der Waals surface area contributed by atoms with E-state index in [-0.39, 0.29) is 18.5 Å². The summed E-state index contributed by atoms with van der Waals surface area (Å²) >= 11 is 1.83. The molecule has 3 rings (SSSR count). The van der Waals surface area contributed by atoms with Gasteiger partial charge < -0.3 is 10.5 Å². The van der Waals surface area contributed by atoms with Crippen molar-refractivity contribution < 1.29 is 4.74 Å². The van der Waals surface area contributed by atoms with Crippen LogP contribution in [0.5, 0.6) is 0 Å². The van der Waals surface area contributed by atoms with Crippen LogP contribution in [0.4, 0.5) is 0 Å². The lowest BCUT2D eigenvalue weighted by Gasteiger charge is -2.21. The van der Waals surface area contributed by atoms with Crippen LogP contribution < -0.4 is 5.73 Å². The molecule has 5 heteroatoms. The summed E-state index contributed by atoms with van der Waals surface area (Å²) in [6.45, 7) is 1.33. The van der Waals surface area contributed by atoms with E-state index in [0.717, 1.165) is 13.0 Å². The van der Waals surface area contributed by atoms with Crippen LogP contribution in [-0.2, 0) is 11.2 Å².